The fraction of sp³-hybridized carbons (Fsp3) is 0.429. The summed E-state index contributed by atoms with van der Waals surface area (Å²) in [5.74, 6) is 0.297. The van der Waals surface area contributed by atoms with E-state index < -0.39 is 28.5 Å². The third-order valence-corrected chi connectivity index (χ3v) is 10.2. The largest absolute Gasteiger partial charge is 0.497 e. The van der Waals surface area contributed by atoms with Crippen LogP contribution in [-0.4, -0.2) is 72.2 Å². The van der Waals surface area contributed by atoms with Crippen LogP contribution in [0, 0.1) is 6.92 Å². The van der Waals surface area contributed by atoms with Gasteiger partial charge in [0.05, 0.1) is 39.0 Å². The van der Waals surface area contributed by atoms with Crippen molar-refractivity contribution in [2.24, 2.45) is 0 Å². The Morgan fingerprint density at radius 3 is 2.17 bits per heavy atom. The van der Waals surface area contributed by atoms with E-state index >= 15 is 0 Å². The fourth-order valence-electron chi connectivity index (χ4n) is 5.90. The van der Waals surface area contributed by atoms with Crippen molar-refractivity contribution in [3.63, 3.8) is 0 Å². The predicted octanol–water partition coefficient (Wildman–Crippen LogP) is 5.09. The molecule has 1 fully saturated rings. The molecule has 0 radical (unpaired) electrons. The molecule has 0 heterocycles. The van der Waals surface area contributed by atoms with E-state index in [4.69, 9.17) is 18.9 Å². The number of nitrogens with one attached hydrogen (secondary N) is 1. The first-order valence-electron chi connectivity index (χ1n) is 15.7. The van der Waals surface area contributed by atoms with Gasteiger partial charge in [0.2, 0.25) is 11.8 Å². The first kappa shape index (κ1) is 35.4. The van der Waals surface area contributed by atoms with Gasteiger partial charge in [-0.15, -0.1) is 0 Å². The molecule has 0 aliphatic heterocycles. The Bertz CT molecular complexity index is 1660. The van der Waals surface area contributed by atoms with Crippen LogP contribution in [0.4, 0.5) is 5.69 Å². The Morgan fingerprint density at radius 2 is 1.55 bits per heavy atom. The number of nitrogens with zero attached hydrogens (tertiary/aromatic N) is 2. The summed E-state index contributed by atoms with van der Waals surface area (Å²) in [7, 11) is 1.30. The smallest absolute Gasteiger partial charge is 0.265 e. The molecule has 1 N–H and O–H groups in total. The maximum Gasteiger partial charge on any atom is 0.265 e. The fourth-order valence-corrected chi connectivity index (χ4v) is 7.34. The molecule has 0 saturated heterocycles. The Morgan fingerprint density at radius 1 is 0.872 bits per heavy atom. The van der Waals surface area contributed by atoms with Crippen LogP contribution in [0.1, 0.15) is 50.2 Å². The van der Waals surface area contributed by atoms with Crippen molar-refractivity contribution < 1.29 is 37.0 Å². The number of benzene rings is 3. The number of hydrogen-bond acceptors (Lipinski definition) is 8. The number of rotatable bonds is 15. The van der Waals surface area contributed by atoms with E-state index in [0.717, 1.165) is 41.1 Å². The zero-order valence-corrected chi connectivity index (χ0v) is 28.8. The second-order valence-corrected chi connectivity index (χ2v) is 13.4. The zero-order chi connectivity index (χ0) is 34.1. The lowest BCUT2D eigenvalue weighted by Gasteiger charge is -2.34. The molecule has 0 bridgehead atoms. The molecule has 11 nitrogen and oxygen atoms in total. The molecule has 1 saturated carbocycles. The predicted molar refractivity (Wildman–Crippen MR) is 180 cm³/mol. The standard InChI is InChI=1S/C35H45N3O8S/c1-7-29(35(40)36-26-13-8-9-14-26)37(22-25-12-10-11-24(2)19-25)34(39)23-38(30-20-27(43-3)15-17-31(30)44-4)47(41,42)28-16-18-32(45-5)33(21-28)46-6/h10-12,15-21,26,29H,7-9,13-14,22-23H2,1-6H3,(H,36,40). The van der Waals surface area contributed by atoms with Gasteiger partial charge in [-0.25, -0.2) is 8.42 Å². The van der Waals surface area contributed by atoms with Crippen LogP contribution in [-0.2, 0) is 26.2 Å². The molecule has 3 aromatic rings. The molecule has 1 aliphatic carbocycles. The number of amides is 2. The van der Waals surface area contributed by atoms with Crippen LogP contribution in [0.2, 0.25) is 0 Å². The van der Waals surface area contributed by atoms with E-state index in [1.807, 2.05) is 38.1 Å². The number of carbonyl (C=O) groups is 2. The zero-order valence-electron chi connectivity index (χ0n) is 27.9. The number of hydrogen-bond donors (Lipinski definition) is 1. The molecule has 12 heteroatoms. The highest BCUT2D eigenvalue weighted by Crippen LogP contribution is 2.38. The number of carbonyl (C=O) groups excluding carboxylic acids is 2. The molecule has 4 rings (SSSR count). The third kappa shape index (κ3) is 8.29. The summed E-state index contributed by atoms with van der Waals surface area (Å²) >= 11 is 0. The number of ether oxygens (including phenoxy) is 4. The molecular weight excluding hydrogens is 622 g/mol. The van der Waals surface area contributed by atoms with Gasteiger partial charge in [0.1, 0.15) is 24.1 Å². The summed E-state index contributed by atoms with van der Waals surface area (Å²) in [6.45, 7) is 3.28. The normalized spacial score (nSPS) is 13.8. The van der Waals surface area contributed by atoms with Gasteiger partial charge in [-0.05, 0) is 56.0 Å². The maximum absolute atomic E-state index is 14.5. The molecule has 2 amide bonds. The van der Waals surface area contributed by atoms with Gasteiger partial charge in [0, 0.05) is 24.7 Å². The monoisotopic (exact) mass is 667 g/mol. The minimum absolute atomic E-state index is 0.0513. The van der Waals surface area contributed by atoms with Gasteiger partial charge in [-0.2, -0.15) is 0 Å². The summed E-state index contributed by atoms with van der Waals surface area (Å²) in [6, 6.07) is 15.8. The molecule has 1 unspecified atom stereocenters. The van der Waals surface area contributed by atoms with Crippen LogP contribution in [0.15, 0.2) is 65.6 Å². The van der Waals surface area contributed by atoms with Crippen LogP contribution >= 0.6 is 0 Å². The minimum atomic E-state index is -4.43. The molecule has 254 valence electrons. The SMILES string of the molecule is CCC(C(=O)NC1CCCC1)N(Cc1cccc(C)c1)C(=O)CN(c1cc(OC)ccc1OC)S(=O)(=O)c1ccc(OC)c(OC)c1. The van der Waals surface area contributed by atoms with Crippen molar-refractivity contribution in [3.05, 3.63) is 71.8 Å². The summed E-state index contributed by atoms with van der Waals surface area (Å²) < 4.78 is 51.7. The van der Waals surface area contributed by atoms with Crippen molar-refractivity contribution in [1.82, 2.24) is 10.2 Å². The molecule has 3 aromatic carbocycles. The van der Waals surface area contributed by atoms with Gasteiger partial charge in [0.15, 0.2) is 11.5 Å². The second-order valence-electron chi connectivity index (χ2n) is 11.5. The summed E-state index contributed by atoms with van der Waals surface area (Å²) in [4.78, 5) is 29.6. The van der Waals surface area contributed by atoms with Gasteiger partial charge in [-0.1, -0.05) is 49.6 Å². The van der Waals surface area contributed by atoms with E-state index in [1.54, 1.807) is 12.1 Å². The quantitative estimate of drug-likeness (QED) is 0.238. The second kappa shape index (κ2) is 15.9. The number of sulfonamides is 1. The number of anilines is 1. The van der Waals surface area contributed by atoms with Gasteiger partial charge < -0.3 is 29.2 Å². The highest BCUT2D eigenvalue weighted by Gasteiger charge is 2.36. The lowest BCUT2D eigenvalue weighted by atomic mass is 10.1. The number of methoxy groups -OCH3 is 4. The van der Waals surface area contributed by atoms with Crippen LogP contribution < -0.4 is 28.6 Å². The molecule has 47 heavy (non-hydrogen) atoms. The summed E-state index contributed by atoms with van der Waals surface area (Å²) in [5.41, 5.74) is 1.91. The van der Waals surface area contributed by atoms with Crippen molar-refractivity contribution >= 4 is 27.5 Å². The Hall–Kier alpha value is -4.45. The molecule has 0 aromatic heterocycles. The average molecular weight is 668 g/mol. The molecule has 1 atom stereocenters. The van der Waals surface area contributed by atoms with Gasteiger partial charge in [-0.3, -0.25) is 13.9 Å². The van der Waals surface area contributed by atoms with Crippen molar-refractivity contribution in [1.29, 1.82) is 0 Å². The topological polar surface area (TPSA) is 124 Å². The highest BCUT2D eigenvalue weighted by molar-refractivity contribution is 7.92. The average Bonchev–Trinajstić information content (AvgIpc) is 3.59. The van der Waals surface area contributed by atoms with Gasteiger partial charge in [0.25, 0.3) is 10.0 Å². The van der Waals surface area contributed by atoms with E-state index in [-0.39, 0.29) is 40.6 Å². The van der Waals surface area contributed by atoms with E-state index in [9.17, 15) is 18.0 Å². The van der Waals surface area contributed by atoms with E-state index in [2.05, 4.69) is 5.32 Å². The van der Waals surface area contributed by atoms with Crippen LogP contribution in [0.25, 0.3) is 0 Å². The molecular formula is C35H45N3O8S. The summed E-state index contributed by atoms with van der Waals surface area (Å²) in [6.07, 6.45) is 4.20. The number of aryl methyl sites for hydroxylation is 1. The van der Waals surface area contributed by atoms with Crippen LogP contribution in [0.3, 0.4) is 0 Å². The van der Waals surface area contributed by atoms with E-state index in [1.165, 1.54) is 57.6 Å². The minimum Gasteiger partial charge on any atom is -0.497 e. The molecule has 1 aliphatic rings. The van der Waals surface area contributed by atoms with Crippen molar-refractivity contribution in [2.45, 2.75) is 69.5 Å². The van der Waals surface area contributed by atoms with Crippen molar-refractivity contribution in [3.8, 4) is 23.0 Å². The van der Waals surface area contributed by atoms with E-state index in [0.29, 0.717) is 17.9 Å². The lowest BCUT2D eigenvalue weighted by Crippen LogP contribution is -2.53. The van der Waals surface area contributed by atoms with Gasteiger partial charge >= 0.3 is 0 Å². The first-order chi connectivity index (χ1) is 22.6. The Kier molecular flexibility index (Phi) is 12.0. The Labute approximate surface area is 277 Å². The lowest BCUT2D eigenvalue weighted by molar-refractivity contribution is -0.140. The van der Waals surface area contributed by atoms with Crippen molar-refractivity contribution in [2.75, 3.05) is 39.3 Å². The third-order valence-electron chi connectivity index (χ3n) is 8.40. The molecule has 0 spiro atoms. The highest BCUT2D eigenvalue weighted by atomic mass is 32.2. The van der Waals surface area contributed by atoms with Crippen LogP contribution in [0.5, 0.6) is 23.0 Å². The summed E-state index contributed by atoms with van der Waals surface area (Å²) in [5, 5.41) is 3.13. The first-order valence-corrected chi connectivity index (χ1v) is 17.1. The maximum atomic E-state index is 14.5. The Balaban J connectivity index is 1.82.